The second kappa shape index (κ2) is 7.73. The Kier molecular flexibility index (Phi) is 5.09. The SMILES string of the molecule is O=C(Cn1c(=O)c2ccc(C(F)(F)F)nc2n2nc(C3(C(F)(F)F)CC3)cc12)Nc1ccc(F)cn1. The smallest absolute Gasteiger partial charge is 0.309 e. The molecular weight excluding hydrogens is 501 g/mol. The van der Waals surface area contributed by atoms with E-state index in [1.165, 1.54) is 0 Å². The van der Waals surface area contributed by atoms with Crippen molar-refractivity contribution >= 4 is 28.4 Å². The van der Waals surface area contributed by atoms with Gasteiger partial charge in [-0.15, -0.1) is 0 Å². The van der Waals surface area contributed by atoms with Crippen LogP contribution < -0.4 is 10.9 Å². The maximum absolute atomic E-state index is 13.7. The summed E-state index contributed by atoms with van der Waals surface area (Å²) < 4.78 is 95.5. The molecule has 1 fully saturated rings. The van der Waals surface area contributed by atoms with Gasteiger partial charge in [0.25, 0.3) is 5.56 Å². The molecule has 8 nitrogen and oxygen atoms in total. The number of aromatic nitrogens is 5. The molecule has 1 amide bonds. The zero-order valence-electron chi connectivity index (χ0n) is 17.8. The number of amides is 1. The number of carbonyl (C=O) groups excluding carboxylic acids is 1. The Morgan fingerprint density at radius 3 is 2.39 bits per heavy atom. The van der Waals surface area contributed by atoms with Crippen molar-refractivity contribution < 1.29 is 35.5 Å². The number of carbonyl (C=O) groups is 1. The van der Waals surface area contributed by atoms with Crippen LogP contribution >= 0.6 is 0 Å². The predicted molar refractivity (Wildman–Crippen MR) is 110 cm³/mol. The molecule has 0 aromatic carbocycles. The summed E-state index contributed by atoms with van der Waals surface area (Å²) in [4.78, 5) is 32.8. The molecule has 0 radical (unpaired) electrons. The average Bonchev–Trinajstić information content (AvgIpc) is 3.51. The zero-order valence-corrected chi connectivity index (χ0v) is 17.8. The fourth-order valence-corrected chi connectivity index (χ4v) is 3.88. The number of nitrogens with one attached hydrogen (secondary N) is 1. The molecule has 0 spiro atoms. The largest absolute Gasteiger partial charge is 0.433 e. The van der Waals surface area contributed by atoms with Crippen LogP contribution in [0.1, 0.15) is 24.2 Å². The monoisotopic (exact) mass is 514 g/mol. The van der Waals surface area contributed by atoms with Crippen LogP contribution in [-0.2, 0) is 22.9 Å². The number of anilines is 1. The van der Waals surface area contributed by atoms with Crippen LogP contribution in [-0.4, -0.2) is 36.2 Å². The highest BCUT2D eigenvalue weighted by Gasteiger charge is 2.65. The first-order valence-corrected chi connectivity index (χ1v) is 10.3. The van der Waals surface area contributed by atoms with Gasteiger partial charge in [0.1, 0.15) is 34.9 Å². The fraction of sp³-hybridized carbons (Fsp3) is 0.286. The van der Waals surface area contributed by atoms with Crippen LogP contribution in [0, 0.1) is 5.82 Å². The van der Waals surface area contributed by atoms with Crippen LogP contribution in [0.4, 0.5) is 36.6 Å². The van der Waals surface area contributed by atoms with Gasteiger partial charge in [-0.2, -0.15) is 36.0 Å². The molecule has 5 rings (SSSR count). The molecule has 1 saturated carbocycles. The minimum absolute atomic E-state index is 0.0639. The summed E-state index contributed by atoms with van der Waals surface area (Å²) in [7, 11) is 0. The van der Waals surface area contributed by atoms with Gasteiger partial charge >= 0.3 is 12.4 Å². The zero-order chi connectivity index (χ0) is 26.0. The van der Waals surface area contributed by atoms with Crippen LogP contribution in [0.3, 0.4) is 0 Å². The molecule has 36 heavy (non-hydrogen) atoms. The Morgan fingerprint density at radius 2 is 1.81 bits per heavy atom. The Morgan fingerprint density at radius 1 is 1.08 bits per heavy atom. The molecule has 1 aliphatic carbocycles. The predicted octanol–water partition coefficient (Wildman–Crippen LogP) is 3.83. The van der Waals surface area contributed by atoms with E-state index in [9.17, 15) is 40.3 Å². The number of rotatable bonds is 4. The van der Waals surface area contributed by atoms with Crippen molar-refractivity contribution in [2.24, 2.45) is 0 Å². The van der Waals surface area contributed by atoms with E-state index >= 15 is 0 Å². The van der Waals surface area contributed by atoms with Gasteiger partial charge in [-0.1, -0.05) is 0 Å². The summed E-state index contributed by atoms with van der Waals surface area (Å²) in [6.45, 7) is -0.748. The van der Waals surface area contributed by atoms with Gasteiger partial charge in [0.05, 0.1) is 17.3 Å². The maximum Gasteiger partial charge on any atom is 0.433 e. The summed E-state index contributed by atoms with van der Waals surface area (Å²) in [5.74, 6) is -1.58. The van der Waals surface area contributed by atoms with E-state index in [2.05, 4.69) is 20.4 Å². The van der Waals surface area contributed by atoms with Gasteiger partial charge in [0.15, 0.2) is 5.65 Å². The van der Waals surface area contributed by atoms with E-state index in [4.69, 9.17) is 0 Å². The molecule has 4 aromatic rings. The second-order valence-corrected chi connectivity index (χ2v) is 8.25. The van der Waals surface area contributed by atoms with E-state index < -0.39 is 64.0 Å². The van der Waals surface area contributed by atoms with Crippen molar-refractivity contribution in [3.05, 3.63) is 64.1 Å². The lowest BCUT2D eigenvalue weighted by molar-refractivity contribution is -0.161. The first kappa shape index (κ1) is 23.7. The van der Waals surface area contributed by atoms with Crippen LogP contribution in [0.5, 0.6) is 0 Å². The molecule has 1 aliphatic rings. The first-order valence-electron chi connectivity index (χ1n) is 10.3. The third-order valence-electron chi connectivity index (χ3n) is 5.89. The molecule has 0 atom stereocenters. The molecule has 0 saturated heterocycles. The Balaban J connectivity index is 1.68. The average molecular weight is 514 g/mol. The van der Waals surface area contributed by atoms with Crippen molar-refractivity contribution in [2.45, 2.75) is 37.2 Å². The van der Waals surface area contributed by atoms with Crippen LogP contribution in [0.25, 0.3) is 16.7 Å². The number of hydrogen-bond donors (Lipinski definition) is 1. The second-order valence-electron chi connectivity index (χ2n) is 8.25. The Bertz CT molecular complexity index is 1570. The van der Waals surface area contributed by atoms with Crippen molar-refractivity contribution in [3.8, 4) is 0 Å². The molecule has 0 bridgehead atoms. The summed E-state index contributed by atoms with van der Waals surface area (Å²) in [6, 6.07) is 4.45. The Labute approximate surface area is 195 Å². The van der Waals surface area contributed by atoms with E-state index in [0.717, 1.165) is 35.0 Å². The third-order valence-corrected chi connectivity index (χ3v) is 5.89. The maximum atomic E-state index is 13.7. The molecule has 0 aliphatic heterocycles. The van der Waals surface area contributed by atoms with E-state index in [0.29, 0.717) is 10.6 Å². The highest BCUT2D eigenvalue weighted by atomic mass is 19.4. The van der Waals surface area contributed by atoms with Crippen molar-refractivity contribution in [1.82, 2.24) is 24.1 Å². The number of hydrogen-bond acceptors (Lipinski definition) is 5. The van der Waals surface area contributed by atoms with E-state index in [1.807, 2.05) is 0 Å². The topological polar surface area (TPSA) is 94.2 Å². The van der Waals surface area contributed by atoms with Gasteiger partial charge < -0.3 is 5.32 Å². The quantitative estimate of drug-likeness (QED) is 0.418. The van der Waals surface area contributed by atoms with Crippen molar-refractivity contribution in [3.63, 3.8) is 0 Å². The minimum atomic E-state index is -4.89. The summed E-state index contributed by atoms with van der Waals surface area (Å²) >= 11 is 0. The lowest BCUT2D eigenvalue weighted by atomic mass is 10.0. The number of pyridine rings is 2. The van der Waals surface area contributed by atoms with Gasteiger partial charge in [-0.3, -0.25) is 14.2 Å². The van der Waals surface area contributed by atoms with Crippen molar-refractivity contribution in [2.75, 3.05) is 5.32 Å². The van der Waals surface area contributed by atoms with E-state index in [-0.39, 0.29) is 24.3 Å². The standard InChI is InChI=1S/C21H13F7N6O2/c22-10-1-4-14(29-8-10)31-15(35)9-33-16-7-13(19(5-6-19)21(26,27)28)32-34(16)17-11(18(33)36)2-3-12(30-17)20(23,24)25/h1-4,7-8H,5-6,9H2,(H,29,31,35). The highest BCUT2D eigenvalue weighted by Crippen LogP contribution is 2.58. The molecule has 4 heterocycles. The lowest BCUT2D eigenvalue weighted by Gasteiger charge is -2.16. The highest BCUT2D eigenvalue weighted by molar-refractivity contribution is 5.90. The third kappa shape index (κ3) is 3.83. The summed E-state index contributed by atoms with van der Waals surface area (Å²) in [6.07, 6.45) is -9.34. The Hall–Kier alpha value is -4.04. The summed E-state index contributed by atoms with van der Waals surface area (Å²) in [5, 5.41) is 5.80. The van der Waals surface area contributed by atoms with Crippen molar-refractivity contribution in [1.29, 1.82) is 0 Å². The van der Waals surface area contributed by atoms with Crippen LogP contribution in [0.2, 0.25) is 0 Å². The van der Waals surface area contributed by atoms with Gasteiger partial charge in [-0.25, -0.2) is 14.4 Å². The number of alkyl halides is 6. The van der Waals surface area contributed by atoms with Gasteiger partial charge in [-0.05, 0) is 37.1 Å². The molecule has 4 aromatic heterocycles. The summed E-state index contributed by atoms with van der Waals surface area (Å²) in [5.41, 5.74) is -6.12. The molecule has 0 unspecified atom stereocenters. The molecule has 188 valence electrons. The molecular formula is C21H13F7N6O2. The molecule has 1 N–H and O–H groups in total. The number of fused-ring (bicyclic) bond motifs is 3. The van der Waals surface area contributed by atoms with E-state index in [1.54, 1.807) is 0 Å². The van der Waals surface area contributed by atoms with Gasteiger partial charge in [0, 0.05) is 6.07 Å². The fourth-order valence-electron chi connectivity index (χ4n) is 3.88. The minimum Gasteiger partial charge on any atom is -0.309 e. The van der Waals surface area contributed by atoms with Crippen LogP contribution in [0.15, 0.2) is 41.3 Å². The lowest BCUT2D eigenvalue weighted by Crippen LogP contribution is -2.30. The normalized spacial score (nSPS) is 15.4. The van der Waals surface area contributed by atoms with Gasteiger partial charge in [0.2, 0.25) is 5.91 Å². The number of halogens is 7. The number of nitrogens with zero attached hydrogens (tertiary/aromatic N) is 5. The first-order chi connectivity index (χ1) is 16.8. The molecule has 15 heteroatoms.